The zero-order chi connectivity index (χ0) is 22.8. The first kappa shape index (κ1) is 24.4. The molecule has 166 valence electrons. The number of ether oxygens (including phenoxy) is 1. The Labute approximate surface area is 187 Å². The van der Waals surface area contributed by atoms with Crippen LogP contribution >= 0.6 is 11.6 Å². The lowest BCUT2D eigenvalue weighted by Gasteiger charge is -2.10. The van der Waals surface area contributed by atoms with Gasteiger partial charge in [-0.05, 0) is 68.7 Å². The Bertz CT molecular complexity index is 944. The van der Waals surface area contributed by atoms with Gasteiger partial charge in [0.05, 0.1) is 24.8 Å². The summed E-state index contributed by atoms with van der Waals surface area (Å²) in [7, 11) is 0. The van der Waals surface area contributed by atoms with Crippen molar-refractivity contribution in [2.45, 2.75) is 46.1 Å². The second kappa shape index (κ2) is 12.1. The normalized spacial score (nSPS) is 12.2. The van der Waals surface area contributed by atoms with E-state index in [4.69, 9.17) is 16.3 Å². The van der Waals surface area contributed by atoms with Crippen LogP contribution in [-0.4, -0.2) is 35.3 Å². The highest BCUT2D eigenvalue weighted by Gasteiger charge is 2.07. The van der Waals surface area contributed by atoms with Crippen LogP contribution in [0.4, 0.5) is 5.69 Å². The SMILES string of the molecule is C/C(=N\NC(=O)C[C@H](C)O)c1cccc(NC(=O)CCCOc2ccc(Cl)cc2C)c1. The van der Waals surface area contributed by atoms with Crippen molar-refractivity contribution in [2.75, 3.05) is 11.9 Å². The maximum absolute atomic E-state index is 12.2. The Hall–Kier alpha value is -2.90. The number of benzene rings is 2. The van der Waals surface area contributed by atoms with Crippen molar-refractivity contribution < 1.29 is 19.4 Å². The van der Waals surface area contributed by atoms with Gasteiger partial charge in [-0.15, -0.1) is 0 Å². The summed E-state index contributed by atoms with van der Waals surface area (Å²) >= 11 is 5.93. The number of halogens is 1. The molecule has 0 bridgehead atoms. The number of carbonyl (C=O) groups excluding carboxylic acids is 2. The number of rotatable bonds is 10. The van der Waals surface area contributed by atoms with Gasteiger partial charge in [0.1, 0.15) is 5.75 Å². The summed E-state index contributed by atoms with van der Waals surface area (Å²) < 4.78 is 5.71. The minimum absolute atomic E-state index is 0.0197. The predicted molar refractivity (Wildman–Crippen MR) is 123 cm³/mol. The number of aryl methyl sites for hydroxylation is 1. The van der Waals surface area contributed by atoms with E-state index in [9.17, 15) is 14.7 Å². The zero-order valence-electron chi connectivity index (χ0n) is 17.9. The maximum Gasteiger partial charge on any atom is 0.242 e. The quantitative estimate of drug-likeness (QED) is 0.291. The van der Waals surface area contributed by atoms with Crippen LogP contribution in [0.2, 0.25) is 5.02 Å². The van der Waals surface area contributed by atoms with Gasteiger partial charge in [0, 0.05) is 17.1 Å². The van der Waals surface area contributed by atoms with Crippen molar-refractivity contribution in [3.8, 4) is 5.75 Å². The number of amides is 2. The number of aliphatic hydroxyl groups is 1. The fourth-order valence-electron chi connectivity index (χ4n) is 2.76. The molecule has 0 spiro atoms. The molecule has 0 aliphatic carbocycles. The molecule has 0 unspecified atom stereocenters. The summed E-state index contributed by atoms with van der Waals surface area (Å²) in [5.74, 6) is 0.274. The third-order valence-corrected chi connectivity index (χ3v) is 4.57. The Morgan fingerprint density at radius 3 is 2.68 bits per heavy atom. The fraction of sp³-hybridized carbons (Fsp3) is 0.348. The molecule has 0 aromatic heterocycles. The van der Waals surface area contributed by atoms with E-state index in [1.54, 1.807) is 31.2 Å². The third-order valence-electron chi connectivity index (χ3n) is 4.34. The van der Waals surface area contributed by atoms with E-state index in [0.717, 1.165) is 16.9 Å². The van der Waals surface area contributed by atoms with Crippen molar-refractivity contribution in [2.24, 2.45) is 5.10 Å². The van der Waals surface area contributed by atoms with Gasteiger partial charge in [-0.2, -0.15) is 5.10 Å². The van der Waals surface area contributed by atoms with E-state index in [0.29, 0.717) is 35.9 Å². The summed E-state index contributed by atoms with van der Waals surface area (Å²) in [6.45, 7) is 5.63. The van der Waals surface area contributed by atoms with Gasteiger partial charge in [-0.1, -0.05) is 23.7 Å². The van der Waals surface area contributed by atoms with E-state index < -0.39 is 6.10 Å². The first-order valence-electron chi connectivity index (χ1n) is 10.0. The Balaban J connectivity index is 1.81. The molecule has 3 N–H and O–H groups in total. The van der Waals surface area contributed by atoms with Gasteiger partial charge in [0.25, 0.3) is 0 Å². The molecule has 0 saturated heterocycles. The summed E-state index contributed by atoms with van der Waals surface area (Å²) in [4.78, 5) is 23.8. The maximum atomic E-state index is 12.2. The van der Waals surface area contributed by atoms with Crippen LogP contribution in [0.5, 0.6) is 5.75 Å². The van der Waals surface area contributed by atoms with Gasteiger partial charge in [-0.3, -0.25) is 9.59 Å². The molecule has 0 aliphatic heterocycles. The number of anilines is 1. The average molecular weight is 446 g/mol. The number of hydrazone groups is 1. The molecule has 0 aliphatic rings. The number of nitrogens with one attached hydrogen (secondary N) is 2. The molecule has 2 amide bonds. The van der Waals surface area contributed by atoms with Crippen LogP contribution in [0.25, 0.3) is 0 Å². The number of carbonyl (C=O) groups is 2. The van der Waals surface area contributed by atoms with Gasteiger partial charge < -0.3 is 15.2 Å². The highest BCUT2D eigenvalue weighted by atomic mass is 35.5. The number of hydrogen-bond acceptors (Lipinski definition) is 5. The van der Waals surface area contributed by atoms with Crippen LogP contribution in [0.15, 0.2) is 47.6 Å². The van der Waals surface area contributed by atoms with E-state index in [-0.39, 0.29) is 18.2 Å². The van der Waals surface area contributed by atoms with Gasteiger partial charge in [0.15, 0.2) is 0 Å². The summed E-state index contributed by atoms with van der Waals surface area (Å²) in [5.41, 5.74) is 5.35. The first-order valence-corrected chi connectivity index (χ1v) is 10.4. The van der Waals surface area contributed by atoms with Gasteiger partial charge in [-0.25, -0.2) is 5.43 Å². The smallest absolute Gasteiger partial charge is 0.242 e. The number of nitrogens with zero attached hydrogens (tertiary/aromatic N) is 1. The van der Waals surface area contributed by atoms with E-state index in [1.807, 2.05) is 25.1 Å². The van der Waals surface area contributed by atoms with Crippen molar-refractivity contribution in [1.29, 1.82) is 0 Å². The fourth-order valence-corrected chi connectivity index (χ4v) is 2.99. The van der Waals surface area contributed by atoms with E-state index >= 15 is 0 Å². The number of aliphatic hydroxyl groups excluding tert-OH is 1. The van der Waals surface area contributed by atoms with Crippen molar-refractivity contribution in [1.82, 2.24) is 5.43 Å². The molecular weight excluding hydrogens is 418 g/mol. The standard InChI is InChI=1S/C23H28ClN3O4/c1-15-12-19(24)9-10-21(15)31-11-5-8-22(29)25-20-7-4-6-18(14-20)17(3)26-27-23(30)13-16(2)28/h4,6-7,9-10,12,14,16,28H,5,8,11,13H2,1-3H3,(H,25,29)(H,27,30)/b26-17+/t16-/m0/s1. The first-order chi connectivity index (χ1) is 14.7. The molecule has 2 rings (SSSR count). The average Bonchev–Trinajstić information content (AvgIpc) is 2.70. The largest absolute Gasteiger partial charge is 0.493 e. The number of hydrogen-bond donors (Lipinski definition) is 3. The minimum atomic E-state index is -0.727. The highest BCUT2D eigenvalue weighted by Crippen LogP contribution is 2.22. The molecule has 8 heteroatoms. The minimum Gasteiger partial charge on any atom is -0.493 e. The molecule has 2 aromatic carbocycles. The van der Waals surface area contributed by atoms with Crippen LogP contribution < -0.4 is 15.5 Å². The second-order valence-electron chi connectivity index (χ2n) is 7.28. The Kier molecular flexibility index (Phi) is 9.49. The summed E-state index contributed by atoms with van der Waals surface area (Å²) in [6, 6.07) is 12.6. The predicted octanol–water partition coefficient (Wildman–Crippen LogP) is 4.06. The van der Waals surface area contributed by atoms with Gasteiger partial charge >= 0.3 is 0 Å². The highest BCUT2D eigenvalue weighted by molar-refractivity contribution is 6.30. The second-order valence-corrected chi connectivity index (χ2v) is 7.71. The van der Waals surface area contributed by atoms with Crippen LogP contribution in [0.1, 0.15) is 44.2 Å². The van der Waals surface area contributed by atoms with Crippen molar-refractivity contribution in [3.63, 3.8) is 0 Å². The molecule has 1 atom stereocenters. The van der Waals surface area contributed by atoms with Crippen LogP contribution in [0, 0.1) is 6.92 Å². The lowest BCUT2D eigenvalue weighted by atomic mass is 10.1. The molecular formula is C23H28ClN3O4. The molecule has 0 radical (unpaired) electrons. The van der Waals surface area contributed by atoms with E-state index in [1.165, 1.54) is 6.92 Å². The topological polar surface area (TPSA) is 100 Å². The van der Waals surface area contributed by atoms with Crippen molar-refractivity contribution in [3.05, 3.63) is 58.6 Å². The molecule has 0 fully saturated rings. The molecule has 0 heterocycles. The molecule has 2 aromatic rings. The zero-order valence-corrected chi connectivity index (χ0v) is 18.7. The van der Waals surface area contributed by atoms with Crippen LogP contribution in [0.3, 0.4) is 0 Å². The molecule has 0 saturated carbocycles. The monoisotopic (exact) mass is 445 g/mol. The summed E-state index contributed by atoms with van der Waals surface area (Å²) in [6.07, 6.45) is 0.145. The van der Waals surface area contributed by atoms with Crippen molar-refractivity contribution >= 4 is 34.8 Å². The molecule has 31 heavy (non-hydrogen) atoms. The third kappa shape index (κ3) is 8.78. The van der Waals surface area contributed by atoms with Crippen LogP contribution in [-0.2, 0) is 9.59 Å². The van der Waals surface area contributed by atoms with E-state index in [2.05, 4.69) is 15.8 Å². The Morgan fingerprint density at radius 2 is 1.97 bits per heavy atom. The lowest BCUT2D eigenvalue weighted by molar-refractivity contribution is -0.122. The Morgan fingerprint density at radius 1 is 1.19 bits per heavy atom. The lowest BCUT2D eigenvalue weighted by Crippen LogP contribution is -2.23. The molecule has 7 nitrogen and oxygen atoms in total. The summed E-state index contributed by atoms with van der Waals surface area (Å²) in [5, 5.41) is 16.8. The van der Waals surface area contributed by atoms with Gasteiger partial charge in [0.2, 0.25) is 11.8 Å².